The number of nitrogens with zero attached hydrogens (tertiary/aromatic N) is 2. The minimum atomic E-state index is -0.833. The molecule has 1 aromatic heterocycles. The fourth-order valence-electron chi connectivity index (χ4n) is 0.709. The highest BCUT2D eigenvalue weighted by atomic mass is 35.5. The van der Waals surface area contributed by atoms with Gasteiger partial charge in [-0.05, 0) is 6.92 Å². The van der Waals surface area contributed by atoms with Crippen LogP contribution in [0.5, 0.6) is 5.75 Å². The van der Waals surface area contributed by atoms with E-state index in [-0.39, 0.29) is 16.7 Å². The molecule has 76 valence electrons. The fourth-order valence-corrected chi connectivity index (χ4v) is 0.894. The van der Waals surface area contributed by atoms with E-state index in [2.05, 4.69) is 9.97 Å². The van der Waals surface area contributed by atoms with Crippen molar-refractivity contribution in [2.45, 2.75) is 13.0 Å². The fraction of sp³-hybridized carbons (Fsp3) is 0.286. The highest BCUT2D eigenvalue weighted by Crippen LogP contribution is 2.27. The second-order valence-corrected chi connectivity index (χ2v) is 2.90. The molecule has 1 unspecified atom stereocenters. The van der Waals surface area contributed by atoms with Gasteiger partial charge in [-0.1, -0.05) is 11.6 Å². The van der Waals surface area contributed by atoms with Gasteiger partial charge >= 0.3 is 0 Å². The van der Waals surface area contributed by atoms with Gasteiger partial charge in [-0.15, -0.1) is 0 Å². The van der Waals surface area contributed by atoms with Crippen molar-refractivity contribution in [3.05, 3.63) is 11.5 Å². The predicted octanol–water partition coefficient (Wildman–Crippen LogP) is -0.0352. The number of nitrogens with two attached hydrogens (primary N) is 2. The van der Waals surface area contributed by atoms with Crippen LogP contribution in [0.3, 0.4) is 0 Å². The highest BCUT2D eigenvalue weighted by molar-refractivity contribution is 6.31. The van der Waals surface area contributed by atoms with E-state index in [1.165, 1.54) is 13.3 Å². The summed E-state index contributed by atoms with van der Waals surface area (Å²) in [5.74, 6) is -0.483. The number of anilines is 1. The van der Waals surface area contributed by atoms with Crippen LogP contribution in [0.15, 0.2) is 6.33 Å². The van der Waals surface area contributed by atoms with Crippen molar-refractivity contribution in [2.24, 2.45) is 5.73 Å². The molecule has 0 aliphatic carbocycles. The van der Waals surface area contributed by atoms with Crippen LogP contribution in [0.25, 0.3) is 0 Å². The van der Waals surface area contributed by atoms with Crippen molar-refractivity contribution in [1.82, 2.24) is 9.97 Å². The number of aromatic nitrogens is 2. The molecule has 6 nitrogen and oxygen atoms in total. The number of amides is 1. The van der Waals surface area contributed by atoms with E-state index in [4.69, 9.17) is 27.8 Å². The lowest BCUT2D eigenvalue weighted by Gasteiger charge is -2.12. The molecule has 1 amide bonds. The number of primary amides is 1. The van der Waals surface area contributed by atoms with Crippen molar-refractivity contribution >= 4 is 23.3 Å². The molecule has 0 radical (unpaired) electrons. The smallest absolute Gasteiger partial charge is 0.258 e. The van der Waals surface area contributed by atoms with Crippen LogP contribution < -0.4 is 16.2 Å². The number of hydrogen-bond acceptors (Lipinski definition) is 5. The topological polar surface area (TPSA) is 104 Å². The summed E-state index contributed by atoms with van der Waals surface area (Å²) in [5.41, 5.74) is 10.5. The molecule has 7 heteroatoms. The Labute approximate surface area is 85.2 Å². The maximum Gasteiger partial charge on any atom is 0.258 e. The van der Waals surface area contributed by atoms with E-state index in [1.54, 1.807) is 0 Å². The second-order valence-electron chi connectivity index (χ2n) is 2.54. The van der Waals surface area contributed by atoms with Gasteiger partial charge in [0.15, 0.2) is 22.8 Å². The standard InChI is InChI=1S/C7H9ClN4O2/c1-3(7(10)13)14-4-5(8)11-2-12-6(4)9/h2-3H,1H3,(H2,10,13)(H2,9,11,12). The molecule has 0 saturated carbocycles. The average Bonchev–Trinajstić information content (AvgIpc) is 2.11. The van der Waals surface area contributed by atoms with Crippen LogP contribution in [0.4, 0.5) is 5.82 Å². The van der Waals surface area contributed by atoms with Gasteiger partial charge in [0.25, 0.3) is 5.91 Å². The molecule has 0 spiro atoms. The molecular formula is C7H9ClN4O2. The summed E-state index contributed by atoms with van der Waals surface area (Å²) in [6.07, 6.45) is 0.361. The first-order chi connectivity index (χ1) is 6.52. The lowest BCUT2D eigenvalue weighted by atomic mass is 10.4. The Kier molecular flexibility index (Phi) is 3.08. The third-order valence-corrected chi connectivity index (χ3v) is 1.75. The second kappa shape index (κ2) is 4.10. The quantitative estimate of drug-likeness (QED) is 0.690. The summed E-state index contributed by atoms with van der Waals surface area (Å²) in [7, 11) is 0. The molecule has 1 rings (SSSR count). The first-order valence-electron chi connectivity index (χ1n) is 3.74. The van der Waals surface area contributed by atoms with Crippen LogP contribution in [0, 0.1) is 0 Å². The Balaban J connectivity index is 2.91. The summed E-state index contributed by atoms with van der Waals surface area (Å²) >= 11 is 5.67. The average molecular weight is 217 g/mol. The number of nitrogen functional groups attached to an aromatic ring is 1. The van der Waals surface area contributed by atoms with E-state index in [0.717, 1.165) is 0 Å². The zero-order valence-corrected chi connectivity index (χ0v) is 8.15. The molecule has 14 heavy (non-hydrogen) atoms. The molecule has 1 heterocycles. The van der Waals surface area contributed by atoms with E-state index in [0.29, 0.717) is 0 Å². The third kappa shape index (κ3) is 2.23. The van der Waals surface area contributed by atoms with Crippen LogP contribution in [-0.2, 0) is 4.79 Å². The van der Waals surface area contributed by atoms with Crippen molar-refractivity contribution < 1.29 is 9.53 Å². The van der Waals surface area contributed by atoms with Gasteiger partial charge in [-0.2, -0.15) is 0 Å². The molecule has 0 aliphatic heterocycles. The number of halogens is 1. The highest BCUT2D eigenvalue weighted by Gasteiger charge is 2.15. The molecule has 0 fully saturated rings. The molecule has 0 saturated heterocycles. The first-order valence-corrected chi connectivity index (χ1v) is 4.12. The largest absolute Gasteiger partial charge is 0.474 e. The van der Waals surface area contributed by atoms with Crippen molar-refractivity contribution in [3.8, 4) is 5.75 Å². The minimum Gasteiger partial charge on any atom is -0.474 e. The van der Waals surface area contributed by atoms with Crippen LogP contribution >= 0.6 is 11.6 Å². The van der Waals surface area contributed by atoms with Gasteiger partial charge in [-0.25, -0.2) is 9.97 Å². The molecule has 1 aromatic rings. The Hall–Kier alpha value is -1.56. The number of ether oxygens (including phenoxy) is 1. The Bertz CT molecular complexity index is 337. The summed E-state index contributed by atoms with van der Waals surface area (Å²) in [4.78, 5) is 18.0. The van der Waals surface area contributed by atoms with Crippen molar-refractivity contribution in [3.63, 3.8) is 0 Å². The normalized spacial score (nSPS) is 12.1. The summed E-state index contributed by atoms with van der Waals surface area (Å²) in [6, 6.07) is 0. The van der Waals surface area contributed by atoms with Gasteiger partial charge in [0, 0.05) is 0 Å². The summed E-state index contributed by atoms with van der Waals surface area (Å²) in [5, 5.41) is 0.0469. The molecule has 4 N–H and O–H groups in total. The van der Waals surface area contributed by atoms with Crippen LogP contribution in [-0.4, -0.2) is 22.0 Å². The zero-order chi connectivity index (χ0) is 10.7. The first kappa shape index (κ1) is 10.5. The molecular weight excluding hydrogens is 208 g/mol. The number of carbonyl (C=O) groups is 1. The zero-order valence-electron chi connectivity index (χ0n) is 7.40. The van der Waals surface area contributed by atoms with Crippen molar-refractivity contribution in [2.75, 3.05) is 5.73 Å². The van der Waals surface area contributed by atoms with Gasteiger partial charge in [0.1, 0.15) is 6.33 Å². The van der Waals surface area contributed by atoms with Gasteiger partial charge in [0.05, 0.1) is 0 Å². The van der Waals surface area contributed by atoms with E-state index in [1.807, 2.05) is 0 Å². The Morgan fingerprint density at radius 3 is 2.79 bits per heavy atom. The monoisotopic (exact) mass is 216 g/mol. The van der Waals surface area contributed by atoms with Gasteiger partial charge < -0.3 is 16.2 Å². The SMILES string of the molecule is CC(Oc1c(N)ncnc1Cl)C(N)=O. The van der Waals surface area contributed by atoms with Crippen LogP contribution in [0.1, 0.15) is 6.92 Å². The number of hydrogen-bond donors (Lipinski definition) is 2. The molecule has 0 aromatic carbocycles. The predicted molar refractivity (Wildman–Crippen MR) is 50.7 cm³/mol. The molecule has 0 bridgehead atoms. The third-order valence-electron chi connectivity index (χ3n) is 1.48. The van der Waals surface area contributed by atoms with E-state index < -0.39 is 12.0 Å². The Morgan fingerprint density at radius 1 is 1.64 bits per heavy atom. The summed E-state index contributed by atoms with van der Waals surface area (Å²) in [6.45, 7) is 1.48. The lowest BCUT2D eigenvalue weighted by molar-refractivity contribution is -0.123. The van der Waals surface area contributed by atoms with Gasteiger partial charge in [-0.3, -0.25) is 4.79 Å². The van der Waals surface area contributed by atoms with Crippen LogP contribution in [0.2, 0.25) is 5.15 Å². The lowest BCUT2D eigenvalue weighted by Crippen LogP contribution is -2.31. The van der Waals surface area contributed by atoms with E-state index in [9.17, 15) is 4.79 Å². The summed E-state index contributed by atoms with van der Waals surface area (Å²) < 4.78 is 5.08. The van der Waals surface area contributed by atoms with E-state index >= 15 is 0 Å². The maximum atomic E-state index is 10.7. The number of carbonyl (C=O) groups excluding carboxylic acids is 1. The van der Waals surface area contributed by atoms with Gasteiger partial charge in [0.2, 0.25) is 0 Å². The minimum absolute atomic E-state index is 0.0469. The van der Waals surface area contributed by atoms with Crippen molar-refractivity contribution in [1.29, 1.82) is 0 Å². The Morgan fingerprint density at radius 2 is 2.29 bits per heavy atom. The molecule has 0 aliphatic rings. The number of rotatable bonds is 3. The maximum absolute atomic E-state index is 10.7. The molecule has 1 atom stereocenters.